The average Bonchev–Trinajstić information content (AvgIpc) is 2.91. The SMILES string of the molecule is CN1CCC(CNC(=O)N2CCCC(O)(CO)CC2)(c2ccccc2)CC1. The molecule has 3 N–H and O–H groups in total. The van der Waals surface area contributed by atoms with E-state index >= 15 is 0 Å². The number of urea groups is 1. The Balaban J connectivity index is 1.64. The molecule has 2 heterocycles. The molecule has 1 aromatic rings. The molecule has 2 fully saturated rings. The third-order valence-electron chi connectivity index (χ3n) is 6.41. The van der Waals surface area contributed by atoms with E-state index in [1.54, 1.807) is 4.90 Å². The normalized spacial score (nSPS) is 26.4. The Kier molecular flexibility index (Phi) is 6.40. The summed E-state index contributed by atoms with van der Waals surface area (Å²) in [7, 11) is 2.15. The van der Waals surface area contributed by atoms with Crippen molar-refractivity contribution in [3.63, 3.8) is 0 Å². The van der Waals surface area contributed by atoms with Gasteiger partial charge < -0.3 is 25.3 Å². The van der Waals surface area contributed by atoms with E-state index in [2.05, 4.69) is 41.5 Å². The fourth-order valence-corrected chi connectivity index (χ4v) is 4.30. The second-order valence-corrected chi connectivity index (χ2v) is 8.33. The van der Waals surface area contributed by atoms with E-state index in [4.69, 9.17) is 0 Å². The molecule has 150 valence electrons. The van der Waals surface area contributed by atoms with Gasteiger partial charge in [-0.25, -0.2) is 4.79 Å². The maximum absolute atomic E-state index is 12.8. The summed E-state index contributed by atoms with van der Waals surface area (Å²) in [5.41, 5.74) is 0.221. The van der Waals surface area contributed by atoms with E-state index in [-0.39, 0.29) is 18.1 Å². The Bertz CT molecular complexity index is 616. The van der Waals surface area contributed by atoms with Crippen LogP contribution in [0.15, 0.2) is 30.3 Å². The zero-order valence-electron chi connectivity index (χ0n) is 16.4. The third kappa shape index (κ3) is 4.81. The van der Waals surface area contributed by atoms with Crippen LogP contribution in [0.3, 0.4) is 0 Å². The van der Waals surface area contributed by atoms with Crippen LogP contribution in [0.5, 0.6) is 0 Å². The largest absolute Gasteiger partial charge is 0.393 e. The number of amides is 2. The number of carbonyl (C=O) groups excluding carboxylic acids is 1. The molecule has 2 amide bonds. The smallest absolute Gasteiger partial charge is 0.317 e. The summed E-state index contributed by atoms with van der Waals surface area (Å²) in [5, 5.41) is 22.9. The first kappa shape index (κ1) is 20.1. The number of nitrogens with one attached hydrogen (secondary N) is 1. The summed E-state index contributed by atoms with van der Waals surface area (Å²) in [6, 6.07) is 10.5. The van der Waals surface area contributed by atoms with E-state index in [9.17, 15) is 15.0 Å². The summed E-state index contributed by atoms with van der Waals surface area (Å²) >= 11 is 0. The Morgan fingerprint density at radius 2 is 1.78 bits per heavy atom. The van der Waals surface area contributed by atoms with Gasteiger partial charge in [-0.05, 0) is 57.8 Å². The van der Waals surface area contributed by atoms with Crippen molar-refractivity contribution in [2.24, 2.45) is 0 Å². The minimum absolute atomic E-state index is 0.0267. The lowest BCUT2D eigenvalue weighted by molar-refractivity contribution is -0.0248. The first-order valence-corrected chi connectivity index (χ1v) is 10.1. The zero-order valence-corrected chi connectivity index (χ0v) is 16.4. The molecule has 1 aromatic carbocycles. The van der Waals surface area contributed by atoms with Crippen LogP contribution in [0.25, 0.3) is 0 Å². The highest BCUT2D eigenvalue weighted by atomic mass is 16.3. The van der Waals surface area contributed by atoms with Gasteiger partial charge in [-0.15, -0.1) is 0 Å². The highest BCUT2D eigenvalue weighted by molar-refractivity contribution is 5.74. The number of aliphatic hydroxyl groups is 2. The highest BCUT2D eigenvalue weighted by Crippen LogP contribution is 2.34. The predicted molar refractivity (Wildman–Crippen MR) is 106 cm³/mol. The minimum atomic E-state index is -1.05. The summed E-state index contributed by atoms with van der Waals surface area (Å²) in [5.74, 6) is 0. The Morgan fingerprint density at radius 3 is 2.44 bits per heavy atom. The zero-order chi connectivity index (χ0) is 19.3. The molecule has 1 atom stereocenters. The first-order chi connectivity index (χ1) is 13.0. The maximum Gasteiger partial charge on any atom is 0.317 e. The van der Waals surface area contributed by atoms with Crippen molar-refractivity contribution < 1.29 is 15.0 Å². The number of hydrogen-bond donors (Lipinski definition) is 3. The molecule has 3 rings (SSSR count). The number of hydrogen-bond acceptors (Lipinski definition) is 4. The molecule has 2 aliphatic heterocycles. The molecule has 0 saturated carbocycles. The number of likely N-dealkylation sites (tertiary alicyclic amines) is 2. The van der Waals surface area contributed by atoms with E-state index in [0.29, 0.717) is 38.9 Å². The molecule has 27 heavy (non-hydrogen) atoms. The fourth-order valence-electron chi connectivity index (χ4n) is 4.30. The van der Waals surface area contributed by atoms with E-state index in [1.165, 1.54) is 5.56 Å². The predicted octanol–water partition coefficient (Wildman–Crippen LogP) is 1.57. The van der Waals surface area contributed by atoms with Gasteiger partial charge >= 0.3 is 6.03 Å². The number of aliphatic hydroxyl groups excluding tert-OH is 1. The standard InChI is InChI=1S/C21H33N3O3/c1-23-13-9-20(10-14-23,18-6-3-2-4-7-18)16-22-19(26)24-12-5-8-21(27,17-25)11-15-24/h2-4,6-7,25,27H,5,8-17H2,1H3,(H,22,26). The molecule has 0 radical (unpaired) electrons. The second-order valence-electron chi connectivity index (χ2n) is 8.33. The van der Waals surface area contributed by atoms with Crippen molar-refractivity contribution in [1.29, 1.82) is 0 Å². The maximum atomic E-state index is 12.8. The van der Waals surface area contributed by atoms with Crippen LogP contribution in [0.2, 0.25) is 0 Å². The van der Waals surface area contributed by atoms with Gasteiger partial charge in [0.05, 0.1) is 12.2 Å². The highest BCUT2D eigenvalue weighted by Gasteiger charge is 2.36. The topological polar surface area (TPSA) is 76.0 Å². The van der Waals surface area contributed by atoms with Crippen LogP contribution in [0.1, 0.15) is 37.7 Å². The molecule has 1 unspecified atom stereocenters. The van der Waals surface area contributed by atoms with Crippen molar-refractivity contribution in [3.8, 4) is 0 Å². The van der Waals surface area contributed by atoms with Crippen molar-refractivity contribution in [2.75, 3.05) is 46.4 Å². The summed E-state index contributed by atoms with van der Waals surface area (Å²) < 4.78 is 0. The van der Waals surface area contributed by atoms with Crippen LogP contribution in [-0.2, 0) is 5.41 Å². The van der Waals surface area contributed by atoms with Crippen LogP contribution in [0, 0.1) is 0 Å². The summed E-state index contributed by atoms with van der Waals surface area (Å²) in [4.78, 5) is 16.9. The molecular formula is C21H33N3O3. The lowest BCUT2D eigenvalue weighted by Gasteiger charge is -2.41. The van der Waals surface area contributed by atoms with Gasteiger partial charge in [-0.1, -0.05) is 30.3 Å². The van der Waals surface area contributed by atoms with E-state index < -0.39 is 5.60 Å². The Morgan fingerprint density at radius 1 is 1.07 bits per heavy atom. The average molecular weight is 376 g/mol. The van der Waals surface area contributed by atoms with E-state index in [1.807, 2.05) is 6.07 Å². The van der Waals surface area contributed by atoms with Gasteiger partial charge in [0.2, 0.25) is 0 Å². The third-order valence-corrected chi connectivity index (χ3v) is 6.41. The van der Waals surface area contributed by atoms with Crippen LogP contribution in [-0.4, -0.2) is 78.0 Å². The van der Waals surface area contributed by atoms with Crippen molar-refractivity contribution in [2.45, 2.75) is 43.1 Å². The minimum Gasteiger partial charge on any atom is -0.393 e. The fraction of sp³-hybridized carbons (Fsp3) is 0.667. The Hall–Kier alpha value is -1.63. The van der Waals surface area contributed by atoms with Crippen molar-refractivity contribution in [3.05, 3.63) is 35.9 Å². The molecule has 2 aliphatic rings. The van der Waals surface area contributed by atoms with Crippen LogP contribution in [0.4, 0.5) is 4.79 Å². The number of nitrogens with zero attached hydrogens (tertiary/aromatic N) is 2. The molecule has 6 heteroatoms. The number of benzene rings is 1. The number of carbonyl (C=O) groups is 1. The molecule has 2 saturated heterocycles. The monoisotopic (exact) mass is 375 g/mol. The molecule has 6 nitrogen and oxygen atoms in total. The lowest BCUT2D eigenvalue weighted by Crippen LogP contribution is -2.51. The lowest BCUT2D eigenvalue weighted by atomic mass is 9.72. The summed E-state index contributed by atoms with van der Waals surface area (Å²) in [6.07, 6.45) is 3.72. The molecule has 0 spiro atoms. The first-order valence-electron chi connectivity index (χ1n) is 10.1. The van der Waals surface area contributed by atoms with Gasteiger partial charge in [-0.2, -0.15) is 0 Å². The van der Waals surface area contributed by atoms with Gasteiger partial charge in [0.15, 0.2) is 0 Å². The molecule has 0 aromatic heterocycles. The molecule has 0 aliphatic carbocycles. The number of rotatable bonds is 4. The molecule has 0 bridgehead atoms. The quantitative estimate of drug-likeness (QED) is 0.747. The summed E-state index contributed by atoms with van der Waals surface area (Å²) in [6.45, 7) is 3.53. The van der Waals surface area contributed by atoms with Crippen molar-refractivity contribution in [1.82, 2.24) is 15.1 Å². The van der Waals surface area contributed by atoms with E-state index in [0.717, 1.165) is 25.9 Å². The van der Waals surface area contributed by atoms with Crippen molar-refractivity contribution >= 4 is 6.03 Å². The van der Waals surface area contributed by atoms with Gasteiger partial charge in [0, 0.05) is 25.0 Å². The van der Waals surface area contributed by atoms with Crippen LogP contribution >= 0.6 is 0 Å². The van der Waals surface area contributed by atoms with Gasteiger partial charge in [-0.3, -0.25) is 0 Å². The number of piperidine rings is 1. The second kappa shape index (κ2) is 8.59. The molecular weight excluding hydrogens is 342 g/mol. The van der Waals surface area contributed by atoms with Gasteiger partial charge in [0.25, 0.3) is 0 Å². The van der Waals surface area contributed by atoms with Crippen LogP contribution < -0.4 is 5.32 Å². The Labute approximate surface area is 162 Å². The van der Waals surface area contributed by atoms with Gasteiger partial charge in [0.1, 0.15) is 0 Å².